The van der Waals surface area contributed by atoms with Crippen LogP contribution in [0.1, 0.15) is 17.0 Å². The van der Waals surface area contributed by atoms with Gasteiger partial charge in [0.25, 0.3) is 0 Å². The van der Waals surface area contributed by atoms with Crippen molar-refractivity contribution >= 4 is 23.4 Å². The number of aryl methyl sites for hydroxylation is 1. The van der Waals surface area contributed by atoms with E-state index in [1.54, 1.807) is 6.07 Å². The Morgan fingerprint density at radius 2 is 1.95 bits per heavy atom. The van der Waals surface area contributed by atoms with E-state index in [9.17, 15) is 0 Å². The third kappa shape index (κ3) is 3.45. The average molecular weight is 290 g/mol. The van der Waals surface area contributed by atoms with Gasteiger partial charge in [-0.15, -0.1) is 0 Å². The minimum atomic E-state index is -0.0587. The summed E-state index contributed by atoms with van der Waals surface area (Å²) in [7, 11) is 1.90. The van der Waals surface area contributed by atoms with Gasteiger partial charge < -0.3 is 10.6 Å². The van der Waals surface area contributed by atoms with E-state index in [1.807, 2.05) is 43.1 Å². The van der Waals surface area contributed by atoms with E-state index in [1.165, 1.54) is 0 Å². The highest BCUT2D eigenvalue weighted by atomic mass is 35.5. The summed E-state index contributed by atoms with van der Waals surface area (Å²) in [5.41, 5.74) is 7.80. The Kier molecular flexibility index (Phi) is 4.20. The Morgan fingerprint density at radius 1 is 1.30 bits per heavy atom. The Balaban J connectivity index is 2.22. The lowest BCUT2D eigenvalue weighted by atomic mass is 10.2. The minimum Gasteiger partial charge on any atom is -0.382 e. The standard InChI is InChI=1S/C14H16ClN5/c1-9-7-12(13(16)17)19-14(18-9)20(2)8-10-3-5-11(15)6-4-10/h3-7H,8H2,1-2H3,(H3,16,17). The molecule has 3 N–H and O–H groups in total. The summed E-state index contributed by atoms with van der Waals surface area (Å²) in [5.74, 6) is 0.488. The molecule has 1 heterocycles. The number of anilines is 1. The fourth-order valence-corrected chi connectivity index (χ4v) is 1.92. The van der Waals surface area contributed by atoms with Crippen LogP contribution >= 0.6 is 11.6 Å². The van der Waals surface area contributed by atoms with Gasteiger partial charge in [-0.3, -0.25) is 5.41 Å². The first-order chi connectivity index (χ1) is 9.45. The molecule has 0 unspecified atom stereocenters. The topological polar surface area (TPSA) is 78.9 Å². The van der Waals surface area contributed by atoms with Crippen molar-refractivity contribution in [2.45, 2.75) is 13.5 Å². The minimum absolute atomic E-state index is 0.0587. The maximum absolute atomic E-state index is 7.47. The zero-order valence-electron chi connectivity index (χ0n) is 11.4. The number of hydrogen-bond donors (Lipinski definition) is 2. The molecular formula is C14H16ClN5. The van der Waals surface area contributed by atoms with E-state index in [0.29, 0.717) is 23.2 Å². The first kappa shape index (κ1) is 14.3. The molecule has 0 bridgehead atoms. The number of hydrogen-bond acceptors (Lipinski definition) is 4. The zero-order chi connectivity index (χ0) is 14.7. The van der Waals surface area contributed by atoms with Gasteiger partial charge >= 0.3 is 0 Å². The van der Waals surface area contributed by atoms with Crippen LogP contribution in [-0.2, 0) is 6.54 Å². The first-order valence-corrected chi connectivity index (χ1v) is 6.49. The molecule has 0 atom stereocenters. The van der Waals surface area contributed by atoms with Gasteiger partial charge in [0.05, 0.1) is 0 Å². The summed E-state index contributed by atoms with van der Waals surface area (Å²) < 4.78 is 0. The fourth-order valence-electron chi connectivity index (χ4n) is 1.80. The van der Waals surface area contributed by atoms with Crippen molar-refractivity contribution in [1.29, 1.82) is 5.41 Å². The molecule has 0 amide bonds. The fraction of sp³-hybridized carbons (Fsp3) is 0.214. The number of nitrogen functional groups attached to an aromatic ring is 1. The number of benzene rings is 1. The van der Waals surface area contributed by atoms with Crippen LogP contribution in [0.4, 0.5) is 5.95 Å². The maximum Gasteiger partial charge on any atom is 0.226 e. The molecule has 20 heavy (non-hydrogen) atoms. The van der Waals surface area contributed by atoms with Crippen molar-refractivity contribution < 1.29 is 0 Å². The molecule has 0 saturated carbocycles. The van der Waals surface area contributed by atoms with Crippen LogP contribution in [0.5, 0.6) is 0 Å². The highest BCUT2D eigenvalue weighted by molar-refractivity contribution is 6.30. The quantitative estimate of drug-likeness (QED) is 0.669. The van der Waals surface area contributed by atoms with Crippen LogP contribution in [0.2, 0.25) is 5.02 Å². The summed E-state index contributed by atoms with van der Waals surface area (Å²) in [6.07, 6.45) is 0. The summed E-state index contributed by atoms with van der Waals surface area (Å²) in [4.78, 5) is 10.6. The maximum atomic E-state index is 7.47. The van der Waals surface area contributed by atoms with Crippen LogP contribution < -0.4 is 10.6 Å². The third-order valence-electron chi connectivity index (χ3n) is 2.79. The Labute approximate surface area is 122 Å². The lowest BCUT2D eigenvalue weighted by Crippen LogP contribution is -2.22. The molecule has 6 heteroatoms. The molecule has 104 valence electrons. The molecule has 0 saturated heterocycles. The van der Waals surface area contributed by atoms with Gasteiger partial charge in [-0.1, -0.05) is 23.7 Å². The molecule has 0 aliphatic carbocycles. The van der Waals surface area contributed by atoms with Crippen LogP contribution in [0.3, 0.4) is 0 Å². The van der Waals surface area contributed by atoms with Crippen molar-refractivity contribution in [2.75, 3.05) is 11.9 Å². The predicted molar refractivity (Wildman–Crippen MR) is 81.3 cm³/mol. The number of nitrogens with one attached hydrogen (secondary N) is 1. The van der Waals surface area contributed by atoms with Crippen molar-refractivity contribution in [1.82, 2.24) is 9.97 Å². The average Bonchev–Trinajstić information content (AvgIpc) is 2.40. The van der Waals surface area contributed by atoms with Gasteiger partial charge in [-0.2, -0.15) is 0 Å². The van der Waals surface area contributed by atoms with Gasteiger partial charge in [0.1, 0.15) is 11.5 Å². The van der Waals surface area contributed by atoms with Crippen molar-refractivity contribution in [3.8, 4) is 0 Å². The smallest absolute Gasteiger partial charge is 0.226 e. The van der Waals surface area contributed by atoms with Gasteiger partial charge in [0, 0.05) is 24.3 Å². The second kappa shape index (κ2) is 5.88. The Hall–Kier alpha value is -2.14. The molecule has 1 aromatic heterocycles. The van der Waals surface area contributed by atoms with Gasteiger partial charge in [0.2, 0.25) is 5.95 Å². The van der Waals surface area contributed by atoms with Crippen molar-refractivity contribution in [3.05, 3.63) is 52.3 Å². The Morgan fingerprint density at radius 3 is 2.55 bits per heavy atom. The van der Waals surface area contributed by atoms with E-state index < -0.39 is 0 Å². The van der Waals surface area contributed by atoms with Crippen LogP contribution in [-0.4, -0.2) is 22.9 Å². The second-order valence-electron chi connectivity index (χ2n) is 4.59. The van der Waals surface area contributed by atoms with E-state index >= 15 is 0 Å². The lowest BCUT2D eigenvalue weighted by Gasteiger charge is -2.18. The molecule has 0 spiro atoms. The molecule has 0 aliphatic rings. The molecule has 1 aromatic carbocycles. The lowest BCUT2D eigenvalue weighted by molar-refractivity contribution is 0.857. The molecule has 2 aromatic rings. The number of amidine groups is 1. The number of rotatable bonds is 4. The highest BCUT2D eigenvalue weighted by Gasteiger charge is 2.09. The normalized spacial score (nSPS) is 10.3. The number of nitrogens with two attached hydrogens (primary N) is 1. The zero-order valence-corrected chi connectivity index (χ0v) is 12.1. The summed E-state index contributed by atoms with van der Waals surface area (Å²) >= 11 is 5.87. The SMILES string of the molecule is Cc1cc(C(=N)N)nc(N(C)Cc2ccc(Cl)cc2)n1. The van der Waals surface area contributed by atoms with Crippen LogP contribution in [0.15, 0.2) is 30.3 Å². The van der Waals surface area contributed by atoms with Gasteiger partial charge in [0.15, 0.2) is 0 Å². The van der Waals surface area contributed by atoms with Gasteiger partial charge in [-0.25, -0.2) is 9.97 Å². The van der Waals surface area contributed by atoms with Crippen LogP contribution in [0, 0.1) is 12.3 Å². The van der Waals surface area contributed by atoms with Gasteiger partial charge in [-0.05, 0) is 30.7 Å². The monoisotopic (exact) mass is 289 g/mol. The summed E-state index contributed by atoms with van der Waals surface area (Å²) in [6.45, 7) is 2.51. The van der Waals surface area contributed by atoms with E-state index in [0.717, 1.165) is 11.3 Å². The van der Waals surface area contributed by atoms with Crippen LogP contribution in [0.25, 0.3) is 0 Å². The van der Waals surface area contributed by atoms with Crippen molar-refractivity contribution in [3.63, 3.8) is 0 Å². The number of nitrogens with zero attached hydrogens (tertiary/aromatic N) is 3. The summed E-state index contributed by atoms with van der Waals surface area (Å²) in [6, 6.07) is 9.31. The number of halogens is 1. The molecule has 0 fully saturated rings. The predicted octanol–water partition coefficient (Wildman–Crippen LogP) is 2.36. The third-order valence-corrected chi connectivity index (χ3v) is 3.04. The van der Waals surface area contributed by atoms with E-state index in [4.69, 9.17) is 22.7 Å². The van der Waals surface area contributed by atoms with E-state index in [-0.39, 0.29) is 5.84 Å². The molecule has 0 aliphatic heterocycles. The molecule has 5 nitrogen and oxygen atoms in total. The van der Waals surface area contributed by atoms with Crippen molar-refractivity contribution in [2.24, 2.45) is 5.73 Å². The largest absolute Gasteiger partial charge is 0.382 e. The summed E-state index contributed by atoms with van der Waals surface area (Å²) in [5, 5.41) is 8.18. The number of aromatic nitrogens is 2. The second-order valence-corrected chi connectivity index (χ2v) is 5.03. The molecular weight excluding hydrogens is 274 g/mol. The molecule has 0 radical (unpaired) electrons. The Bertz CT molecular complexity index is 624. The van der Waals surface area contributed by atoms with E-state index in [2.05, 4.69) is 9.97 Å². The highest BCUT2D eigenvalue weighted by Crippen LogP contribution is 2.14. The molecule has 2 rings (SSSR count). The first-order valence-electron chi connectivity index (χ1n) is 6.11.